The van der Waals surface area contributed by atoms with Gasteiger partial charge in [0.2, 0.25) is 6.39 Å². The van der Waals surface area contributed by atoms with Crippen molar-refractivity contribution in [1.29, 1.82) is 0 Å². The zero-order valence-electron chi connectivity index (χ0n) is 11.8. The minimum Gasteiger partial charge on any atom is -0.375 e. The molecule has 112 valence electrons. The second-order valence-electron chi connectivity index (χ2n) is 4.73. The summed E-state index contributed by atoms with van der Waals surface area (Å²) in [7, 11) is 1.57. The molecule has 2 rings (SSSR count). The quantitative estimate of drug-likeness (QED) is 0.913. The van der Waals surface area contributed by atoms with Gasteiger partial charge in [-0.2, -0.15) is 4.98 Å². The van der Waals surface area contributed by atoms with E-state index >= 15 is 0 Å². The van der Waals surface area contributed by atoms with Gasteiger partial charge in [-0.05, 0) is 24.1 Å². The molecular formula is C14H16ClN3O3. The van der Waals surface area contributed by atoms with Crippen LogP contribution >= 0.6 is 11.6 Å². The molecule has 0 aliphatic heterocycles. The molecule has 0 bridgehead atoms. The maximum atomic E-state index is 12.6. The van der Waals surface area contributed by atoms with Crippen molar-refractivity contribution in [3.05, 3.63) is 47.1 Å². The van der Waals surface area contributed by atoms with Gasteiger partial charge in [-0.15, -0.1) is 0 Å². The minimum absolute atomic E-state index is 0.151. The molecule has 1 aromatic carbocycles. The van der Waals surface area contributed by atoms with E-state index in [1.54, 1.807) is 38.2 Å². The number of hydrogen-bond donors (Lipinski definition) is 1. The van der Waals surface area contributed by atoms with E-state index in [1.165, 1.54) is 11.3 Å². The first-order valence-corrected chi connectivity index (χ1v) is 6.84. The van der Waals surface area contributed by atoms with Crippen molar-refractivity contribution >= 4 is 17.5 Å². The number of halogens is 1. The number of carbonyl (C=O) groups is 1. The van der Waals surface area contributed by atoms with Gasteiger partial charge < -0.3 is 14.5 Å². The molecule has 21 heavy (non-hydrogen) atoms. The molecule has 0 aliphatic carbocycles. The smallest absolute Gasteiger partial charge is 0.259 e. The van der Waals surface area contributed by atoms with Gasteiger partial charge in [0.05, 0.1) is 6.54 Å². The average molecular weight is 310 g/mol. The van der Waals surface area contributed by atoms with Gasteiger partial charge in [0.1, 0.15) is 0 Å². The Labute approximate surface area is 127 Å². The molecule has 0 spiro atoms. The van der Waals surface area contributed by atoms with E-state index in [2.05, 4.69) is 14.7 Å². The van der Waals surface area contributed by atoms with Crippen molar-refractivity contribution in [3.63, 3.8) is 0 Å². The first-order chi connectivity index (χ1) is 9.97. The SMILES string of the molecule is CC[C@@](O)(C(=O)N(C)Cc1ncon1)c1cccc(Cl)c1. The Kier molecular flexibility index (Phi) is 4.59. The van der Waals surface area contributed by atoms with Gasteiger partial charge in [0.25, 0.3) is 5.91 Å². The third kappa shape index (κ3) is 3.22. The van der Waals surface area contributed by atoms with E-state index in [4.69, 9.17) is 11.6 Å². The number of amides is 1. The summed E-state index contributed by atoms with van der Waals surface area (Å²) in [5, 5.41) is 14.9. The molecular weight excluding hydrogens is 294 g/mol. The lowest BCUT2D eigenvalue weighted by Gasteiger charge is -2.30. The third-order valence-electron chi connectivity index (χ3n) is 3.30. The predicted molar refractivity (Wildman–Crippen MR) is 76.4 cm³/mol. The Morgan fingerprint density at radius 3 is 2.86 bits per heavy atom. The predicted octanol–water partition coefficient (Wildman–Crippen LogP) is 1.98. The van der Waals surface area contributed by atoms with E-state index in [9.17, 15) is 9.90 Å². The Bertz CT molecular complexity index is 618. The van der Waals surface area contributed by atoms with Gasteiger partial charge in [-0.25, -0.2) is 0 Å². The zero-order chi connectivity index (χ0) is 15.5. The number of benzene rings is 1. The molecule has 0 radical (unpaired) electrons. The van der Waals surface area contributed by atoms with E-state index < -0.39 is 11.5 Å². The second kappa shape index (κ2) is 6.24. The summed E-state index contributed by atoms with van der Waals surface area (Å²) >= 11 is 5.94. The molecule has 0 fully saturated rings. The first-order valence-electron chi connectivity index (χ1n) is 6.46. The Morgan fingerprint density at radius 2 is 2.29 bits per heavy atom. The highest BCUT2D eigenvalue weighted by Gasteiger charge is 2.38. The summed E-state index contributed by atoms with van der Waals surface area (Å²) in [5.41, 5.74) is -1.17. The Balaban J connectivity index is 2.24. The summed E-state index contributed by atoms with van der Waals surface area (Å²) in [5.74, 6) is -0.0764. The normalized spacial score (nSPS) is 13.7. The summed E-state index contributed by atoms with van der Waals surface area (Å²) < 4.78 is 4.63. The van der Waals surface area contributed by atoms with Crippen LogP contribution in [0.1, 0.15) is 24.7 Å². The van der Waals surface area contributed by atoms with Crippen molar-refractivity contribution in [2.45, 2.75) is 25.5 Å². The summed E-state index contributed by atoms with van der Waals surface area (Å²) in [6.45, 7) is 1.89. The highest BCUT2D eigenvalue weighted by atomic mass is 35.5. The van der Waals surface area contributed by atoms with Gasteiger partial charge in [0.15, 0.2) is 11.4 Å². The number of carbonyl (C=O) groups excluding carboxylic acids is 1. The minimum atomic E-state index is -1.64. The largest absolute Gasteiger partial charge is 0.375 e. The van der Waals surface area contributed by atoms with E-state index in [0.29, 0.717) is 16.4 Å². The van der Waals surface area contributed by atoms with Crippen LogP contribution in [0.5, 0.6) is 0 Å². The number of hydrogen-bond acceptors (Lipinski definition) is 5. The van der Waals surface area contributed by atoms with Gasteiger partial charge in [0, 0.05) is 12.1 Å². The monoisotopic (exact) mass is 309 g/mol. The number of aromatic nitrogens is 2. The van der Waals surface area contributed by atoms with Crippen molar-refractivity contribution in [1.82, 2.24) is 15.0 Å². The molecule has 0 saturated carbocycles. The second-order valence-corrected chi connectivity index (χ2v) is 5.17. The molecule has 2 aromatic rings. The van der Waals surface area contributed by atoms with Crippen LogP contribution in [0.4, 0.5) is 0 Å². The van der Waals surface area contributed by atoms with Crippen LogP contribution in [-0.4, -0.2) is 33.1 Å². The van der Waals surface area contributed by atoms with Crippen molar-refractivity contribution < 1.29 is 14.4 Å². The standard InChI is InChI=1S/C14H16ClN3O3/c1-3-14(20,10-5-4-6-11(15)7-10)13(19)18(2)8-12-16-9-21-17-12/h4-7,9,20H,3,8H2,1-2H3/t14-/m0/s1. The lowest BCUT2D eigenvalue weighted by atomic mass is 9.89. The molecule has 1 heterocycles. The highest BCUT2D eigenvalue weighted by molar-refractivity contribution is 6.30. The molecule has 1 aromatic heterocycles. The van der Waals surface area contributed by atoms with Gasteiger partial charge in [-0.1, -0.05) is 35.8 Å². The summed E-state index contributed by atoms with van der Waals surface area (Å²) in [4.78, 5) is 17.8. The first kappa shape index (κ1) is 15.5. The van der Waals surface area contributed by atoms with Crippen LogP contribution in [0.25, 0.3) is 0 Å². The van der Waals surface area contributed by atoms with Crippen LogP contribution in [0.2, 0.25) is 5.02 Å². The van der Waals surface area contributed by atoms with Crippen LogP contribution in [0, 0.1) is 0 Å². The Morgan fingerprint density at radius 1 is 1.52 bits per heavy atom. The van der Waals surface area contributed by atoms with Gasteiger partial charge in [-0.3, -0.25) is 4.79 Å². The molecule has 1 amide bonds. The fourth-order valence-electron chi connectivity index (χ4n) is 2.09. The maximum absolute atomic E-state index is 12.6. The maximum Gasteiger partial charge on any atom is 0.259 e. The molecule has 1 atom stereocenters. The van der Waals surface area contributed by atoms with Crippen LogP contribution in [0.15, 0.2) is 35.2 Å². The fraction of sp³-hybridized carbons (Fsp3) is 0.357. The summed E-state index contributed by atoms with van der Waals surface area (Å²) in [6, 6.07) is 6.65. The lowest BCUT2D eigenvalue weighted by molar-refractivity contribution is -0.152. The zero-order valence-corrected chi connectivity index (χ0v) is 12.5. The average Bonchev–Trinajstić information content (AvgIpc) is 2.98. The molecule has 0 aliphatic rings. The number of rotatable bonds is 5. The van der Waals surface area contributed by atoms with Crippen LogP contribution in [0.3, 0.4) is 0 Å². The highest BCUT2D eigenvalue weighted by Crippen LogP contribution is 2.29. The topological polar surface area (TPSA) is 79.5 Å². The lowest BCUT2D eigenvalue weighted by Crippen LogP contribution is -2.44. The van der Waals surface area contributed by atoms with Gasteiger partial charge >= 0.3 is 0 Å². The van der Waals surface area contributed by atoms with Crippen LogP contribution < -0.4 is 0 Å². The molecule has 7 heteroatoms. The summed E-state index contributed by atoms with van der Waals surface area (Å²) in [6.07, 6.45) is 1.42. The number of likely N-dealkylation sites (N-methyl/N-ethyl adjacent to an activating group) is 1. The number of nitrogens with zero attached hydrogens (tertiary/aromatic N) is 3. The van der Waals surface area contributed by atoms with Crippen molar-refractivity contribution in [3.8, 4) is 0 Å². The molecule has 6 nitrogen and oxygen atoms in total. The third-order valence-corrected chi connectivity index (χ3v) is 3.53. The number of aliphatic hydroxyl groups is 1. The molecule has 1 N–H and O–H groups in total. The Hall–Kier alpha value is -1.92. The van der Waals surface area contributed by atoms with E-state index in [0.717, 1.165) is 0 Å². The van der Waals surface area contributed by atoms with E-state index in [1.807, 2.05) is 0 Å². The molecule has 0 saturated heterocycles. The van der Waals surface area contributed by atoms with E-state index in [-0.39, 0.29) is 13.0 Å². The van der Waals surface area contributed by atoms with Crippen LogP contribution in [-0.2, 0) is 16.9 Å². The fourth-order valence-corrected chi connectivity index (χ4v) is 2.28. The molecule has 0 unspecified atom stereocenters. The van der Waals surface area contributed by atoms with Crippen molar-refractivity contribution in [2.75, 3.05) is 7.05 Å². The van der Waals surface area contributed by atoms with Crippen molar-refractivity contribution in [2.24, 2.45) is 0 Å².